The predicted molar refractivity (Wildman–Crippen MR) is 94.7 cm³/mol. The summed E-state index contributed by atoms with van der Waals surface area (Å²) in [5.74, 6) is 0.554. The van der Waals surface area contributed by atoms with Crippen LogP contribution in [-0.4, -0.2) is 29.1 Å². The Morgan fingerprint density at radius 2 is 2.08 bits per heavy atom. The summed E-state index contributed by atoms with van der Waals surface area (Å²) in [6, 6.07) is 13.5. The molecule has 1 N–H and O–H groups in total. The van der Waals surface area contributed by atoms with Crippen molar-refractivity contribution in [2.75, 3.05) is 13.2 Å². The molecule has 0 unspecified atom stereocenters. The zero-order valence-electron chi connectivity index (χ0n) is 13.9. The van der Waals surface area contributed by atoms with Crippen molar-refractivity contribution in [2.24, 2.45) is 0 Å². The quantitative estimate of drug-likeness (QED) is 0.757. The number of benzene rings is 1. The number of nitrogens with one attached hydrogen (secondary N) is 1. The van der Waals surface area contributed by atoms with Crippen molar-refractivity contribution in [3.05, 3.63) is 72.4 Å². The first kappa shape index (κ1) is 17.5. The number of aromatic nitrogens is 1. The van der Waals surface area contributed by atoms with Crippen LogP contribution in [0.5, 0.6) is 5.88 Å². The molecule has 0 bridgehead atoms. The predicted octanol–water partition coefficient (Wildman–Crippen LogP) is 3.38. The third kappa shape index (κ3) is 5.12. The first-order valence-electron chi connectivity index (χ1n) is 7.99. The number of ether oxygens (including phenoxy) is 1. The van der Waals surface area contributed by atoms with Crippen LogP contribution in [0.1, 0.15) is 18.1 Å². The third-order valence-electron chi connectivity index (χ3n) is 3.41. The SMILES string of the molecule is C=CCN(Cc1ccccc1)C(=O)NCc1cccnc1OCC. The minimum Gasteiger partial charge on any atom is -0.478 e. The zero-order valence-corrected chi connectivity index (χ0v) is 13.9. The smallest absolute Gasteiger partial charge is 0.318 e. The van der Waals surface area contributed by atoms with Gasteiger partial charge in [0.1, 0.15) is 0 Å². The van der Waals surface area contributed by atoms with E-state index in [2.05, 4.69) is 16.9 Å². The molecule has 2 rings (SSSR count). The highest BCUT2D eigenvalue weighted by molar-refractivity contribution is 5.74. The Labute approximate surface area is 143 Å². The Balaban J connectivity index is 1.99. The summed E-state index contributed by atoms with van der Waals surface area (Å²) in [4.78, 5) is 18.4. The Kier molecular flexibility index (Phi) is 6.83. The lowest BCUT2D eigenvalue weighted by atomic mass is 10.2. The summed E-state index contributed by atoms with van der Waals surface area (Å²) in [5.41, 5.74) is 1.93. The molecule has 0 aliphatic carbocycles. The van der Waals surface area contributed by atoms with Crippen molar-refractivity contribution in [3.63, 3.8) is 0 Å². The Hall–Kier alpha value is -2.82. The fourth-order valence-electron chi connectivity index (χ4n) is 2.29. The molecular weight excluding hydrogens is 302 g/mol. The number of pyridine rings is 1. The van der Waals surface area contributed by atoms with Crippen molar-refractivity contribution in [2.45, 2.75) is 20.0 Å². The first-order valence-corrected chi connectivity index (χ1v) is 7.99. The van der Waals surface area contributed by atoms with Crippen molar-refractivity contribution in [1.82, 2.24) is 15.2 Å². The van der Waals surface area contributed by atoms with Gasteiger partial charge in [0, 0.05) is 31.4 Å². The van der Waals surface area contributed by atoms with Crippen LogP contribution >= 0.6 is 0 Å². The van der Waals surface area contributed by atoms with Gasteiger partial charge >= 0.3 is 6.03 Å². The molecule has 1 aromatic carbocycles. The third-order valence-corrected chi connectivity index (χ3v) is 3.41. The topological polar surface area (TPSA) is 54.5 Å². The summed E-state index contributed by atoms with van der Waals surface area (Å²) in [6.45, 7) is 7.55. The van der Waals surface area contributed by atoms with Gasteiger partial charge in [-0.3, -0.25) is 0 Å². The van der Waals surface area contributed by atoms with Crippen LogP contribution in [-0.2, 0) is 13.1 Å². The average molecular weight is 325 g/mol. The maximum Gasteiger partial charge on any atom is 0.318 e. The molecule has 126 valence electrons. The maximum absolute atomic E-state index is 12.5. The highest BCUT2D eigenvalue weighted by Gasteiger charge is 2.13. The van der Waals surface area contributed by atoms with E-state index in [-0.39, 0.29) is 6.03 Å². The van der Waals surface area contributed by atoms with Gasteiger partial charge < -0.3 is 15.0 Å². The van der Waals surface area contributed by atoms with E-state index in [0.717, 1.165) is 11.1 Å². The normalized spacial score (nSPS) is 10.0. The molecule has 1 heterocycles. The number of urea groups is 1. The standard InChI is InChI=1S/C19H23N3O2/c1-3-13-22(15-16-9-6-5-7-10-16)19(23)21-14-17-11-8-12-20-18(17)24-4-2/h3,5-12H,1,4,13-15H2,2H3,(H,21,23). The van der Waals surface area contributed by atoms with Crippen LogP contribution in [0.25, 0.3) is 0 Å². The number of rotatable bonds is 8. The Morgan fingerprint density at radius 3 is 2.79 bits per heavy atom. The van der Waals surface area contributed by atoms with Gasteiger partial charge in [0.2, 0.25) is 5.88 Å². The molecule has 0 aliphatic rings. The van der Waals surface area contributed by atoms with Gasteiger partial charge in [0.15, 0.2) is 0 Å². The van der Waals surface area contributed by atoms with Crippen LogP contribution in [0.15, 0.2) is 61.3 Å². The van der Waals surface area contributed by atoms with Gasteiger partial charge in [-0.25, -0.2) is 9.78 Å². The number of amides is 2. The minimum absolute atomic E-state index is 0.148. The molecule has 0 saturated heterocycles. The van der Waals surface area contributed by atoms with Crippen LogP contribution in [0.4, 0.5) is 4.79 Å². The van der Waals surface area contributed by atoms with Crippen molar-refractivity contribution < 1.29 is 9.53 Å². The van der Waals surface area contributed by atoms with Crippen LogP contribution in [0.2, 0.25) is 0 Å². The molecule has 0 spiro atoms. The molecule has 1 aromatic heterocycles. The van der Waals surface area contributed by atoms with Gasteiger partial charge in [0.05, 0.1) is 6.61 Å². The second-order valence-corrected chi connectivity index (χ2v) is 5.21. The van der Waals surface area contributed by atoms with Crippen molar-refractivity contribution in [3.8, 4) is 5.88 Å². The minimum atomic E-state index is -0.148. The number of hydrogen-bond acceptors (Lipinski definition) is 3. The molecule has 0 radical (unpaired) electrons. The number of hydrogen-bond donors (Lipinski definition) is 1. The van der Waals surface area contributed by atoms with E-state index in [9.17, 15) is 4.79 Å². The summed E-state index contributed by atoms with van der Waals surface area (Å²) < 4.78 is 5.48. The van der Waals surface area contributed by atoms with Gasteiger partial charge in [-0.1, -0.05) is 42.5 Å². The molecule has 24 heavy (non-hydrogen) atoms. The van der Waals surface area contributed by atoms with Gasteiger partial charge in [0.25, 0.3) is 0 Å². The number of carbonyl (C=O) groups is 1. The molecule has 0 atom stereocenters. The fraction of sp³-hybridized carbons (Fsp3) is 0.263. The Morgan fingerprint density at radius 1 is 1.29 bits per heavy atom. The summed E-state index contributed by atoms with van der Waals surface area (Å²) in [5, 5.41) is 2.92. The zero-order chi connectivity index (χ0) is 17.2. The highest BCUT2D eigenvalue weighted by Crippen LogP contribution is 2.14. The van der Waals surface area contributed by atoms with Crippen LogP contribution in [0.3, 0.4) is 0 Å². The molecule has 0 aliphatic heterocycles. The molecule has 2 aromatic rings. The molecule has 5 heteroatoms. The average Bonchev–Trinajstić information content (AvgIpc) is 2.61. The maximum atomic E-state index is 12.5. The van der Waals surface area contributed by atoms with Crippen LogP contribution < -0.4 is 10.1 Å². The summed E-state index contributed by atoms with van der Waals surface area (Å²) in [6.07, 6.45) is 3.40. The molecular formula is C19H23N3O2. The van der Waals surface area contributed by atoms with E-state index < -0.39 is 0 Å². The van der Waals surface area contributed by atoms with E-state index >= 15 is 0 Å². The van der Waals surface area contributed by atoms with E-state index in [1.165, 1.54) is 0 Å². The monoisotopic (exact) mass is 325 g/mol. The van der Waals surface area contributed by atoms with Gasteiger partial charge in [-0.05, 0) is 18.6 Å². The fourth-order valence-corrected chi connectivity index (χ4v) is 2.29. The number of carbonyl (C=O) groups excluding carboxylic acids is 1. The summed E-state index contributed by atoms with van der Waals surface area (Å²) in [7, 11) is 0. The Bertz CT molecular complexity index is 659. The van der Waals surface area contributed by atoms with E-state index in [1.54, 1.807) is 17.2 Å². The first-order chi connectivity index (χ1) is 11.7. The van der Waals surface area contributed by atoms with E-state index in [0.29, 0.717) is 32.1 Å². The van der Waals surface area contributed by atoms with Gasteiger partial charge in [-0.15, -0.1) is 6.58 Å². The molecule has 0 saturated carbocycles. The lowest BCUT2D eigenvalue weighted by molar-refractivity contribution is 0.200. The highest BCUT2D eigenvalue weighted by atomic mass is 16.5. The second kappa shape index (κ2) is 9.35. The van der Waals surface area contributed by atoms with E-state index in [1.807, 2.05) is 49.4 Å². The lowest BCUT2D eigenvalue weighted by Gasteiger charge is -2.22. The van der Waals surface area contributed by atoms with Gasteiger partial charge in [-0.2, -0.15) is 0 Å². The van der Waals surface area contributed by atoms with Crippen molar-refractivity contribution in [1.29, 1.82) is 0 Å². The largest absolute Gasteiger partial charge is 0.478 e. The van der Waals surface area contributed by atoms with E-state index in [4.69, 9.17) is 4.74 Å². The lowest BCUT2D eigenvalue weighted by Crippen LogP contribution is -2.39. The molecule has 5 nitrogen and oxygen atoms in total. The number of nitrogens with zero attached hydrogens (tertiary/aromatic N) is 2. The molecule has 2 amide bonds. The second-order valence-electron chi connectivity index (χ2n) is 5.21. The molecule has 0 fully saturated rings. The summed E-state index contributed by atoms with van der Waals surface area (Å²) >= 11 is 0. The van der Waals surface area contributed by atoms with Crippen LogP contribution in [0, 0.1) is 0 Å². The van der Waals surface area contributed by atoms with Crippen molar-refractivity contribution >= 4 is 6.03 Å².